The van der Waals surface area contributed by atoms with Gasteiger partial charge in [-0.25, -0.2) is 13.1 Å². The molecule has 1 aliphatic rings. The van der Waals surface area contributed by atoms with Gasteiger partial charge in [-0.15, -0.1) is 0 Å². The molecule has 0 atom stereocenters. The van der Waals surface area contributed by atoms with Crippen LogP contribution in [-0.4, -0.2) is 50.0 Å². The summed E-state index contributed by atoms with van der Waals surface area (Å²) in [4.78, 5) is 0.221. The first-order valence-electron chi connectivity index (χ1n) is 7.42. The minimum Gasteiger partial charge on any atom is -0.378 e. The molecule has 0 amide bonds. The maximum absolute atomic E-state index is 12.2. The van der Waals surface area contributed by atoms with E-state index in [9.17, 15) is 8.42 Å². The average molecular weight is 316 g/mol. The van der Waals surface area contributed by atoms with Crippen molar-refractivity contribution in [1.82, 2.24) is 19.8 Å². The van der Waals surface area contributed by atoms with Crippen LogP contribution in [0, 0.1) is 0 Å². The number of likely N-dealkylation sites (N-methyl/N-ethyl adjacent to an activating group) is 1. The highest BCUT2D eigenvalue weighted by molar-refractivity contribution is 7.89. The highest BCUT2D eigenvalue weighted by Crippen LogP contribution is 2.24. The smallest absolute Gasteiger partial charge is 0.243 e. The minimum atomic E-state index is -3.48. The molecular formula is C13H24N4O3S. The molecule has 1 aromatic rings. The summed E-state index contributed by atoms with van der Waals surface area (Å²) >= 11 is 0. The van der Waals surface area contributed by atoms with Crippen molar-refractivity contribution in [2.24, 2.45) is 0 Å². The van der Waals surface area contributed by atoms with Gasteiger partial charge in [0.25, 0.3) is 0 Å². The van der Waals surface area contributed by atoms with E-state index in [0.717, 1.165) is 25.9 Å². The molecule has 120 valence electrons. The third kappa shape index (κ3) is 4.50. The monoisotopic (exact) mass is 316 g/mol. The molecule has 21 heavy (non-hydrogen) atoms. The third-order valence-corrected chi connectivity index (χ3v) is 4.98. The number of aromatic nitrogens is 2. The summed E-state index contributed by atoms with van der Waals surface area (Å²) in [5.41, 5.74) is 0. The van der Waals surface area contributed by atoms with Gasteiger partial charge >= 0.3 is 0 Å². The lowest BCUT2D eigenvalue weighted by molar-refractivity contribution is -0.00475. The number of hydrogen-bond donors (Lipinski definition) is 2. The number of hydrogen-bond acceptors (Lipinski definition) is 5. The van der Waals surface area contributed by atoms with E-state index in [1.54, 1.807) is 10.9 Å². The number of ether oxygens (including phenoxy) is 1. The first kappa shape index (κ1) is 16.4. The first-order valence-corrected chi connectivity index (χ1v) is 8.90. The van der Waals surface area contributed by atoms with Crippen LogP contribution in [0.15, 0.2) is 17.3 Å². The predicted molar refractivity (Wildman–Crippen MR) is 79.5 cm³/mol. The fraction of sp³-hybridized carbons (Fsp3) is 0.769. The Morgan fingerprint density at radius 2 is 2.19 bits per heavy atom. The highest BCUT2D eigenvalue weighted by atomic mass is 32.2. The third-order valence-electron chi connectivity index (χ3n) is 3.51. The number of nitrogens with zero attached hydrogens (tertiary/aromatic N) is 2. The molecule has 0 aliphatic heterocycles. The van der Waals surface area contributed by atoms with Crippen molar-refractivity contribution in [1.29, 1.82) is 0 Å². The molecular weight excluding hydrogens is 292 g/mol. The van der Waals surface area contributed by atoms with Crippen molar-refractivity contribution >= 4 is 10.0 Å². The molecule has 1 heterocycles. The second-order valence-electron chi connectivity index (χ2n) is 5.16. The molecule has 1 fully saturated rings. The van der Waals surface area contributed by atoms with Crippen LogP contribution in [0.25, 0.3) is 0 Å². The van der Waals surface area contributed by atoms with E-state index >= 15 is 0 Å². The van der Waals surface area contributed by atoms with Crippen LogP contribution in [0.5, 0.6) is 0 Å². The second-order valence-corrected chi connectivity index (χ2v) is 6.87. The van der Waals surface area contributed by atoms with Gasteiger partial charge in [-0.05, 0) is 26.3 Å². The van der Waals surface area contributed by atoms with Gasteiger partial charge in [-0.3, -0.25) is 4.68 Å². The molecule has 0 bridgehead atoms. The molecule has 0 aromatic carbocycles. The van der Waals surface area contributed by atoms with Crippen LogP contribution < -0.4 is 10.0 Å². The number of nitrogens with one attached hydrogen (secondary N) is 2. The normalized spacial score (nSPS) is 22.2. The van der Waals surface area contributed by atoms with Gasteiger partial charge in [-0.2, -0.15) is 5.10 Å². The summed E-state index contributed by atoms with van der Waals surface area (Å²) in [6, 6.07) is -0.0309. The van der Waals surface area contributed by atoms with Crippen molar-refractivity contribution in [3.8, 4) is 0 Å². The zero-order valence-corrected chi connectivity index (χ0v) is 13.4. The SMILES string of the molecule is CCNCCn1cc(S(=O)(=O)NC2CC(OCC)C2)cn1. The van der Waals surface area contributed by atoms with Crippen LogP contribution in [0.3, 0.4) is 0 Å². The lowest BCUT2D eigenvalue weighted by Crippen LogP contribution is -2.47. The van der Waals surface area contributed by atoms with E-state index in [-0.39, 0.29) is 17.0 Å². The van der Waals surface area contributed by atoms with E-state index in [0.29, 0.717) is 13.2 Å². The molecule has 0 unspecified atom stereocenters. The van der Waals surface area contributed by atoms with Gasteiger partial charge in [0.15, 0.2) is 0 Å². The van der Waals surface area contributed by atoms with Crippen LogP contribution in [0.4, 0.5) is 0 Å². The lowest BCUT2D eigenvalue weighted by atomic mass is 9.90. The van der Waals surface area contributed by atoms with Gasteiger partial charge in [0.2, 0.25) is 10.0 Å². The largest absolute Gasteiger partial charge is 0.378 e. The minimum absolute atomic E-state index is 0.0309. The van der Waals surface area contributed by atoms with Crippen molar-refractivity contribution < 1.29 is 13.2 Å². The zero-order chi connectivity index (χ0) is 15.3. The fourth-order valence-electron chi connectivity index (χ4n) is 2.30. The summed E-state index contributed by atoms with van der Waals surface area (Å²) in [5, 5.41) is 7.25. The molecule has 1 saturated carbocycles. The summed E-state index contributed by atoms with van der Waals surface area (Å²) < 4.78 is 34.2. The van der Waals surface area contributed by atoms with Crippen molar-refractivity contribution in [3.63, 3.8) is 0 Å². The Labute approximate surface area is 126 Å². The maximum Gasteiger partial charge on any atom is 0.243 e. The van der Waals surface area contributed by atoms with E-state index in [2.05, 4.69) is 15.1 Å². The van der Waals surface area contributed by atoms with E-state index in [1.807, 2.05) is 13.8 Å². The molecule has 7 nitrogen and oxygen atoms in total. The molecule has 1 aliphatic carbocycles. The average Bonchev–Trinajstić information content (AvgIpc) is 2.86. The highest BCUT2D eigenvalue weighted by Gasteiger charge is 2.33. The number of rotatable bonds is 9. The molecule has 8 heteroatoms. The lowest BCUT2D eigenvalue weighted by Gasteiger charge is -2.34. The number of sulfonamides is 1. The van der Waals surface area contributed by atoms with Gasteiger partial charge < -0.3 is 10.1 Å². The Morgan fingerprint density at radius 1 is 1.43 bits per heavy atom. The van der Waals surface area contributed by atoms with Crippen LogP contribution in [-0.2, 0) is 21.3 Å². The molecule has 2 N–H and O–H groups in total. The summed E-state index contributed by atoms with van der Waals surface area (Å²) in [7, 11) is -3.48. The Hall–Kier alpha value is -0.960. The molecule has 0 spiro atoms. The van der Waals surface area contributed by atoms with Gasteiger partial charge in [0, 0.05) is 25.4 Å². The fourth-order valence-corrected chi connectivity index (χ4v) is 3.51. The Morgan fingerprint density at radius 3 is 2.86 bits per heavy atom. The van der Waals surface area contributed by atoms with Crippen molar-refractivity contribution in [2.75, 3.05) is 19.7 Å². The molecule has 1 aromatic heterocycles. The standard InChI is InChI=1S/C13H24N4O3S/c1-3-14-5-6-17-10-13(9-15-17)21(18,19)16-11-7-12(8-11)20-4-2/h9-12,14,16H,3-8H2,1-2H3. The van der Waals surface area contributed by atoms with Crippen LogP contribution in [0.1, 0.15) is 26.7 Å². The molecule has 0 saturated heterocycles. The summed E-state index contributed by atoms with van der Waals surface area (Å²) in [6.45, 7) is 6.94. The van der Waals surface area contributed by atoms with Crippen LogP contribution in [0.2, 0.25) is 0 Å². The van der Waals surface area contributed by atoms with E-state index in [1.165, 1.54) is 6.20 Å². The first-order chi connectivity index (χ1) is 10.0. The zero-order valence-electron chi connectivity index (χ0n) is 12.6. The molecule has 0 radical (unpaired) electrons. The Bertz CT molecular complexity index is 537. The van der Waals surface area contributed by atoms with Gasteiger partial charge in [0.05, 0.1) is 18.8 Å². The van der Waals surface area contributed by atoms with Crippen molar-refractivity contribution in [3.05, 3.63) is 12.4 Å². The second kappa shape index (κ2) is 7.35. The summed E-state index contributed by atoms with van der Waals surface area (Å²) in [6.07, 6.45) is 4.62. The molecule has 2 rings (SSSR count). The summed E-state index contributed by atoms with van der Waals surface area (Å²) in [5.74, 6) is 0. The maximum atomic E-state index is 12.2. The Kier molecular flexibility index (Phi) is 5.74. The van der Waals surface area contributed by atoms with E-state index < -0.39 is 10.0 Å². The van der Waals surface area contributed by atoms with Crippen molar-refractivity contribution in [2.45, 2.75) is 50.3 Å². The van der Waals surface area contributed by atoms with Crippen LogP contribution >= 0.6 is 0 Å². The van der Waals surface area contributed by atoms with E-state index in [4.69, 9.17) is 4.74 Å². The van der Waals surface area contributed by atoms with Gasteiger partial charge in [-0.1, -0.05) is 6.92 Å². The quantitative estimate of drug-likeness (QED) is 0.642. The van der Waals surface area contributed by atoms with Gasteiger partial charge in [0.1, 0.15) is 4.90 Å². The predicted octanol–water partition coefficient (Wildman–Crippen LogP) is 0.338. The Balaban J connectivity index is 1.85. The topological polar surface area (TPSA) is 85.2 Å².